The first-order valence-electron chi connectivity index (χ1n) is 8.59. The Balaban J connectivity index is 2.08. The number of ether oxygens (including phenoxy) is 2. The summed E-state index contributed by atoms with van der Waals surface area (Å²) in [6.45, 7) is 2.15. The molecule has 0 fully saturated rings. The lowest BCUT2D eigenvalue weighted by Gasteiger charge is -2.04. The highest BCUT2D eigenvalue weighted by molar-refractivity contribution is 7.16. The Morgan fingerprint density at radius 1 is 1.21 bits per heavy atom. The monoisotopic (exact) mass is 415 g/mol. The van der Waals surface area contributed by atoms with Crippen LogP contribution in [0.1, 0.15) is 17.3 Å². The lowest BCUT2D eigenvalue weighted by Crippen LogP contribution is -2.22. The first-order chi connectivity index (χ1) is 13.9. The van der Waals surface area contributed by atoms with Gasteiger partial charge in [-0.15, -0.1) is 0 Å². The molecule has 0 unspecified atom stereocenters. The highest BCUT2D eigenvalue weighted by Gasteiger charge is 2.16. The normalized spacial score (nSPS) is 11.4. The molecule has 0 aliphatic carbocycles. The number of esters is 1. The van der Waals surface area contributed by atoms with Gasteiger partial charge in [0.05, 0.1) is 28.9 Å². The number of amides is 1. The number of hydrogen-bond donors (Lipinski definition) is 0. The summed E-state index contributed by atoms with van der Waals surface area (Å²) in [5, 5.41) is 11.1. The van der Waals surface area contributed by atoms with Crippen LogP contribution in [0.5, 0.6) is 5.75 Å². The number of benzene rings is 2. The fourth-order valence-corrected chi connectivity index (χ4v) is 3.62. The molecule has 1 amide bonds. The van der Waals surface area contributed by atoms with E-state index in [9.17, 15) is 19.7 Å². The zero-order chi connectivity index (χ0) is 21.0. The minimum Gasteiger partial charge on any atom is -0.494 e. The lowest BCUT2D eigenvalue weighted by molar-refractivity contribution is -0.384. The van der Waals surface area contributed by atoms with E-state index in [0.29, 0.717) is 28.1 Å². The van der Waals surface area contributed by atoms with E-state index in [2.05, 4.69) is 4.99 Å². The van der Waals surface area contributed by atoms with Crippen molar-refractivity contribution >= 4 is 39.1 Å². The number of thiazole rings is 1. The van der Waals surface area contributed by atoms with E-state index in [1.807, 2.05) is 6.92 Å². The molecule has 0 aliphatic rings. The number of nitro benzene ring substituents is 1. The van der Waals surface area contributed by atoms with E-state index in [0.717, 1.165) is 11.3 Å². The van der Waals surface area contributed by atoms with Crippen molar-refractivity contribution in [3.63, 3.8) is 0 Å². The fraction of sp³-hybridized carbons (Fsp3) is 0.211. The Morgan fingerprint density at radius 3 is 2.55 bits per heavy atom. The number of non-ortho nitro benzene ring substituents is 1. The highest BCUT2D eigenvalue weighted by atomic mass is 32.1. The molecule has 3 rings (SSSR count). The van der Waals surface area contributed by atoms with Crippen LogP contribution in [-0.4, -0.2) is 35.1 Å². The quantitative estimate of drug-likeness (QED) is 0.347. The Kier molecular flexibility index (Phi) is 6.03. The van der Waals surface area contributed by atoms with Crippen LogP contribution in [-0.2, 0) is 16.1 Å². The molecule has 0 saturated heterocycles. The van der Waals surface area contributed by atoms with Gasteiger partial charge in [-0.25, -0.2) is 0 Å². The van der Waals surface area contributed by atoms with Gasteiger partial charge < -0.3 is 14.0 Å². The molecule has 0 radical (unpaired) electrons. The first kappa shape index (κ1) is 20.2. The Morgan fingerprint density at radius 2 is 1.93 bits per heavy atom. The van der Waals surface area contributed by atoms with Gasteiger partial charge in [0.15, 0.2) is 4.80 Å². The van der Waals surface area contributed by atoms with Gasteiger partial charge >= 0.3 is 5.97 Å². The third kappa shape index (κ3) is 4.49. The van der Waals surface area contributed by atoms with Crippen molar-refractivity contribution in [2.24, 2.45) is 4.99 Å². The molecule has 2 aromatic carbocycles. The molecular formula is C19H17N3O6S. The summed E-state index contributed by atoms with van der Waals surface area (Å²) >= 11 is 1.15. The smallest absolute Gasteiger partial charge is 0.325 e. The van der Waals surface area contributed by atoms with Gasteiger partial charge in [-0.1, -0.05) is 11.3 Å². The number of methoxy groups -OCH3 is 1. The zero-order valence-electron chi connectivity index (χ0n) is 15.7. The summed E-state index contributed by atoms with van der Waals surface area (Å²) in [6.07, 6.45) is 0. The highest BCUT2D eigenvalue weighted by Crippen LogP contribution is 2.23. The van der Waals surface area contributed by atoms with Crippen LogP contribution in [0.15, 0.2) is 47.5 Å². The average Bonchev–Trinajstić information content (AvgIpc) is 3.04. The molecule has 0 spiro atoms. The summed E-state index contributed by atoms with van der Waals surface area (Å²) in [4.78, 5) is 39.4. The van der Waals surface area contributed by atoms with Gasteiger partial charge in [0.25, 0.3) is 11.6 Å². The molecule has 3 aromatic rings. The molecule has 0 atom stereocenters. The number of rotatable bonds is 6. The van der Waals surface area contributed by atoms with Crippen LogP contribution >= 0.6 is 11.3 Å². The van der Waals surface area contributed by atoms with Crippen molar-refractivity contribution in [2.45, 2.75) is 13.5 Å². The molecule has 0 bridgehead atoms. The molecule has 9 nitrogen and oxygen atoms in total. The van der Waals surface area contributed by atoms with Crippen LogP contribution < -0.4 is 9.54 Å². The van der Waals surface area contributed by atoms with Crippen LogP contribution in [0, 0.1) is 10.1 Å². The number of carbonyl (C=O) groups is 2. The van der Waals surface area contributed by atoms with Gasteiger partial charge in [-0.3, -0.25) is 19.7 Å². The van der Waals surface area contributed by atoms with Crippen molar-refractivity contribution in [3.8, 4) is 5.75 Å². The molecule has 0 aliphatic heterocycles. The molecule has 29 heavy (non-hydrogen) atoms. The Bertz CT molecular complexity index is 1150. The van der Waals surface area contributed by atoms with Crippen molar-refractivity contribution in [1.29, 1.82) is 0 Å². The summed E-state index contributed by atoms with van der Waals surface area (Å²) in [5.41, 5.74) is 0.646. The lowest BCUT2D eigenvalue weighted by atomic mass is 10.2. The number of aromatic nitrogens is 1. The molecule has 10 heteroatoms. The molecule has 0 saturated carbocycles. The summed E-state index contributed by atoms with van der Waals surface area (Å²) < 4.78 is 12.1. The maximum absolute atomic E-state index is 12.6. The first-order valence-corrected chi connectivity index (χ1v) is 9.41. The van der Waals surface area contributed by atoms with Crippen molar-refractivity contribution in [2.75, 3.05) is 13.7 Å². The second-order valence-electron chi connectivity index (χ2n) is 5.83. The van der Waals surface area contributed by atoms with Crippen LogP contribution in [0.2, 0.25) is 0 Å². The van der Waals surface area contributed by atoms with E-state index in [1.165, 1.54) is 23.8 Å². The number of nitro groups is 1. The molecule has 150 valence electrons. The van der Waals surface area contributed by atoms with Crippen LogP contribution in [0.4, 0.5) is 5.69 Å². The summed E-state index contributed by atoms with van der Waals surface area (Å²) in [6, 6.07) is 10.8. The van der Waals surface area contributed by atoms with E-state index in [-0.39, 0.29) is 17.0 Å². The predicted molar refractivity (Wildman–Crippen MR) is 106 cm³/mol. The maximum Gasteiger partial charge on any atom is 0.325 e. The van der Waals surface area contributed by atoms with Gasteiger partial charge in [-0.2, -0.15) is 4.99 Å². The third-order valence-corrected chi connectivity index (χ3v) is 5.06. The molecule has 0 N–H and O–H groups in total. The van der Waals surface area contributed by atoms with Gasteiger partial charge in [0.1, 0.15) is 12.3 Å². The zero-order valence-corrected chi connectivity index (χ0v) is 16.5. The van der Waals surface area contributed by atoms with E-state index >= 15 is 0 Å². The van der Waals surface area contributed by atoms with Crippen LogP contribution in [0.25, 0.3) is 10.2 Å². The predicted octanol–water partition coefficient (Wildman–Crippen LogP) is 2.92. The largest absolute Gasteiger partial charge is 0.494 e. The van der Waals surface area contributed by atoms with Crippen molar-refractivity contribution in [1.82, 2.24) is 4.57 Å². The summed E-state index contributed by atoms with van der Waals surface area (Å²) in [7, 11) is 1.24. The molecular weight excluding hydrogens is 398 g/mol. The van der Waals surface area contributed by atoms with Crippen molar-refractivity contribution < 1.29 is 24.0 Å². The average molecular weight is 415 g/mol. The topological polar surface area (TPSA) is 113 Å². The van der Waals surface area contributed by atoms with E-state index in [4.69, 9.17) is 9.47 Å². The molecule has 1 aromatic heterocycles. The summed E-state index contributed by atoms with van der Waals surface area (Å²) in [5.74, 6) is -0.433. The minimum atomic E-state index is -0.564. The van der Waals surface area contributed by atoms with E-state index < -0.39 is 16.8 Å². The Labute approximate surface area is 169 Å². The number of fused-ring (bicyclic) bond motifs is 1. The SMILES string of the molecule is CCOc1ccc(C(=O)N=c2sc3ccc([N+](=O)[O-])cc3n2CC(=O)OC)cc1. The number of hydrogen-bond acceptors (Lipinski definition) is 7. The minimum absolute atomic E-state index is 0.127. The van der Waals surface area contributed by atoms with Gasteiger partial charge in [0, 0.05) is 17.7 Å². The maximum atomic E-state index is 12.6. The second kappa shape index (κ2) is 8.65. The third-order valence-electron chi connectivity index (χ3n) is 4.00. The van der Waals surface area contributed by atoms with Crippen molar-refractivity contribution in [3.05, 3.63) is 62.9 Å². The van der Waals surface area contributed by atoms with E-state index in [1.54, 1.807) is 30.3 Å². The molecule has 1 heterocycles. The van der Waals surface area contributed by atoms with Crippen LogP contribution in [0.3, 0.4) is 0 Å². The fourth-order valence-electron chi connectivity index (χ4n) is 2.61. The van der Waals surface area contributed by atoms with Gasteiger partial charge in [0.2, 0.25) is 0 Å². The number of nitrogens with zero attached hydrogens (tertiary/aromatic N) is 3. The second-order valence-corrected chi connectivity index (χ2v) is 6.84. The number of carbonyl (C=O) groups excluding carboxylic acids is 2. The standard InChI is InChI=1S/C19H17N3O6S/c1-3-28-14-7-4-12(5-8-14)18(24)20-19-21(11-17(23)27-2)15-10-13(22(25)26)6-9-16(15)29-19/h4-10H,3,11H2,1-2H3. The van der Waals surface area contributed by atoms with Gasteiger partial charge in [-0.05, 0) is 37.3 Å². The Hall–Kier alpha value is -3.53.